The molecule has 0 aliphatic carbocycles. The molecule has 0 atom stereocenters. The number of hydrogen-bond acceptors (Lipinski definition) is 4. The summed E-state index contributed by atoms with van der Waals surface area (Å²) in [7, 11) is 1.80. The minimum atomic E-state index is 0.614. The van der Waals surface area contributed by atoms with Crippen LogP contribution in [0.5, 0.6) is 0 Å². The second-order valence-electron chi connectivity index (χ2n) is 2.72. The van der Waals surface area contributed by atoms with Crippen LogP contribution in [0.25, 0.3) is 11.4 Å². The first-order chi connectivity index (χ1) is 6.27. The van der Waals surface area contributed by atoms with Crippen LogP contribution >= 0.6 is 0 Å². The third-order valence-electron chi connectivity index (χ3n) is 1.68. The molecule has 2 aromatic rings. The van der Waals surface area contributed by atoms with Crippen LogP contribution in [-0.2, 0) is 7.05 Å². The molecule has 0 aliphatic heterocycles. The average molecular weight is 175 g/mol. The molecule has 2 N–H and O–H groups in total. The summed E-state index contributed by atoms with van der Waals surface area (Å²) in [5.41, 5.74) is 7.71. The Morgan fingerprint density at radius 1 is 1.46 bits per heavy atom. The first-order valence-electron chi connectivity index (χ1n) is 3.84. The summed E-state index contributed by atoms with van der Waals surface area (Å²) in [5, 5.41) is 7.72. The highest BCUT2D eigenvalue weighted by Crippen LogP contribution is 2.19. The third-order valence-corrected chi connectivity index (χ3v) is 1.68. The van der Waals surface area contributed by atoms with Crippen LogP contribution in [0, 0.1) is 0 Å². The van der Waals surface area contributed by atoms with Gasteiger partial charge < -0.3 is 5.73 Å². The fourth-order valence-electron chi connectivity index (χ4n) is 1.09. The lowest BCUT2D eigenvalue weighted by atomic mass is 10.2. The molecular formula is C8H9N5. The van der Waals surface area contributed by atoms with E-state index in [-0.39, 0.29) is 0 Å². The van der Waals surface area contributed by atoms with Crippen molar-refractivity contribution in [2.45, 2.75) is 0 Å². The highest BCUT2D eigenvalue weighted by Gasteiger charge is 2.06. The fraction of sp³-hybridized carbons (Fsp3) is 0.125. The van der Waals surface area contributed by atoms with Crippen molar-refractivity contribution in [1.29, 1.82) is 0 Å². The molecule has 0 fully saturated rings. The van der Waals surface area contributed by atoms with Crippen LogP contribution in [-0.4, -0.2) is 20.0 Å². The van der Waals surface area contributed by atoms with Crippen LogP contribution in [0.3, 0.4) is 0 Å². The Balaban J connectivity index is 2.52. The zero-order chi connectivity index (χ0) is 9.26. The number of nitrogens with two attached hydrogens (primary N) is 1. The third kappa shape index (κ3) is 1.35. The van der Waals surface area contributed by atoms with Crippen molar-refractivity contribution in [2.24, 2.45) is 7.05 Å². The van der Waals surface area contributed by atoms with Crippen LogP contribution in [0.15, 0.2) is 24.5 Å². The van der Waals surface area contributed by atoms with E-state index < -0.39 is 0 Å². The Kier molecular flexibility index (Phi) is 1.70. The Morgan fingerprint density at radius 3 is 2.92 bits per heavy atom. The number of nitrogen functional groups attached to an aromatic ring is 1. The first kappa shape index (κ1) is 7.72. The molecule has 0 bridgehead atoms. The largest absolute Gasteiger partial charge is 0.397 e. The Morgan fingerprint density at radius 2 is 2.31 bits per heavy atom. The number of rotatable bonds is 1. The quantitative estimate of drug-likeness (QED) is 0.683. The fourth-order valence-corrected chi connectivity index (χ4v) is 1.09. The normalized spacial score (nSPS) is 10.2. The number of anilines is 1. The second kappa shape index (κ2) is 2.85. The van der Waals surface area contributed by atoms with E-state index in [2.05, 4.69) is 15.3 Å². The molecule has 0 amide bonds. The maximum atomic E-state index is 5.72. The molecule has 5 heteroatoms. The summed E-state index contributed by atoms with van der Waals surface area (Å²) in [4.78, 5) is 4.12. The van der Waals surface area contributed by atoms with Gasteiger partial charge in [-0.2, -0.15) is 0 Å². The van der Waals surface area contributed by atoms with Crippen molar-refractivity contribution in [1.82, 2.24) is 20.0 Å². The van der Waals surface area contributed by atoms with Crippen LogP contribution < -0.4 is 5.73 Å². The first-order valence-corrected chi connectivity index (χ1v) is 3.84. The monoisotopic (exact) mass is 175 g/mol. The molecule has 0 unspecified atom stereocenters. The zero-order valence-electron chi connectivity index (χ0n) is 7.18. The summed E-state index contributed by atoms with van der Waals surface area (Å²) in [5.74, 6) is 0. The summed E-state index contributed by atoms with van der Waals surface area (Å²) < 4.78 is 1.61. The van der Waals surface area contributed by atoms with Gasteiger partial charge in [0.1, 0.15) is 11.4 Å². The van der Waals surface area contributed by atoms with Crippen molar-refractivity contribution in [2.75, 3.05) is 5.73 Å². The van der Waals surface area contributed by atoms with Gasteiger partial charge in [0.05, 0.1) is 11.9 Å². The minimum Gasteiger partial charge on any atom is -0.397 e. The number of nitrogens with zero attached hydrogens (tertiary/aromatic N) is 4. The Hall–Kier alpha value is -1.91. The molecule has 0 aromatic carbocycles. The molecule has 0 aliphatic rings. The van der Waals surface area contributed by atoms with Gasteiger partial charge in [0, 0.05) is 13.2 Å². The summed E-state index contributed by atoms with van der Waals surface area (Å²) in [6.45, 7) is 0. The number of hydrogen-bond donors (Lipinski definition) is 1. The van der Waals surface area contributed by atoms with Gasteiger partial charge in [0.25, 0.3) is 0 Å². The lowest BCUT2D eigenvalue weighted by Gasteiger charge is -1.97. The molecule has 2 rings (SSSR count). The van der Waals surface area contributed by atoms with Crippen LogP contribution in [0.4, 0.5) is 5.69 Å². The van der Waals surface area contributed by atoms with E-state index in [9.17, 15) is 0 Å². The molecular weight excluding hydrogens is 166 g/mol. The molecule has 2 aromatic heterocycles. The zero-order valence-corrected chi connectivity index (χ0v) is 7.18. The van der Waals surface area contributed by atoms with E-state index >= 15 is 0 Å². The van der Waals surface area contributed by atoms with Crippen molar-refractivity contribution in [3.8, 4) is 11.4 Å². The minimum absolute atomic E-state index is 0.614. The van der Waals surface area contributed by atoms with Crippen molar-refractivity contribution in [3.05, 3.63) is 24.5 Å². The predicted octanol–water partition coefficient (Wildman–Crippen LogP) is 0.459. The maximum absolute atomic E-state index is 5.72. The van der Waals surface area contributed by atoms with Gasteiger partial charge in [-0.3, -0.25) is 9.67 Å². The predicted molar refractivity (Wildman–Crippen MR) is 48.6 cm³/mol. The van der Waals surface area contributed by atoms with E-state index in [1.165, 1.54) is 0 Å². The van der Waals surface area contributed by atoms with Crippen molar-refractivity contribution < 1.29 is 0 Å². The van der Waals surface area contributed by atoms with Gasteiger partial charge in [0.15, 0.2) is 0 Å². The van der Waals surface area contributed by atoms with Crippen molar-refractivity contribution in [3.63, 3.8) is 0 Å². The number of pyridine rings is 1. The number of aromatic nitrogens is 4. The molecule has 0 spiro atoms. The van der Waals surface area contributed by atoms with Gasteiger partial charge in [0.2, 0.25) is 0 Å². The van der Waals surface area contributed by atoms with E-state index in [1.807, 2.05) is 0 Å². The van der Waals surface area contributed by atoms with E-state index in [0.717, 1.165) is 0 Å². The molecule has 13 heavy (non-hydrogen) atoms. The van der Waals surface area contributed by atoms with Crippen LogP contribution in [0.2, 0.25) is 0 Å². The van der Waals surface area contributed by atoms with Gasteiger partial charge in [-0.1, -0.05) is 5.21 Å². The van der Waals surface area contributed by atoms with Gasteiger partial charge in [-0.25, -0.2) is 0 Å². The van der Waals surface area contributed by atoms with Crippen molar-refractivity contribution >= 4 is 5.69 Å². The van der Waals surface area contributed by atoms with E-state index in [0.29, 0.717) is 17.1 Å². The molecule has 66 valence electrons. The summed E-state index contributed by atoms with van der Waals surface area (Å²) in [6.07, 6.45) is 3.46. The van der Waals surface area contributed by atoms with Gasteiger partial charge in [-0.05, 0) is 12.1 Å². The standard InChI is InChI=1S/C8H9N5/c1-13-5-7(11-12-13)8-6(9)3-2-4-10-8/h2-5H,9H2,1H3. The molecule has 0 radical (unpaired) electrons. The molecule has 0 saturated carbocycles. The Labute approximate surface area is 75.2 Å². The molecule has 5 nitrogen and oxygen atoms in total. The lowest BCUT2D eigenvalue weighted by molar-refractivity contribution is 0.715. The molecule has 0 saturated heterocycles. The SMILES string of the molecule is Cn1cc(-c2ncccc2N)nn1. The smallest absolute Gasteiger partial charge is 0.133 e. The number of aryl methyl sites for hydroxylation is 1. The molecule has 2 heterocycles. The lowest BCUT2D eigenvalue weighted by Crippen LogP contribution is -1.92. The van der Waals surface area contributed by atoms with Gasteiger partial charge in [-0.15, -0.1) is 5.10 Å². The Bertz CT molecular complexity index is 420. The van der Waals surface area contributed by atoms with Crippen LogP contribution in [0.1, 0.15) is 0 Å². The maximum Gasteiger partial charge on any atom is 0.133 e. The second-order valence-corrected chi connectivity index (χ2v) is 2.72. The average Bonchev–Trinajstić information content (AvgIpc) is 2.53. The van der Waals surface area contributed by atoms with Gasteiger partial charge >= 0.3 is 0 Å². The topological polar surface area (TPSA) is 69.6 Å². The van der Waals surface area contributed by atoms with E-state index in [4.69, 9.17) is 5.73 Å². The summed E-state index contributed by atoms with van der Waals surface area (Å²) in [6, 6.07) is 3.58. The van der Waals surface area contributed by atoms with E-state index in [1.54, 1.807) is 36.3 Å². The highest BCUT2D eigenvalue weighted by atomic mass is 15.4. The summed E-state index contributed by atoms with van der Waals surface area (Å²) >= 11 is 0. The highest BCUT2D eigenvalue weighted by molar-refractivity contribution is 5.68.